The number of fused-ring (bicyclic) bond motifs is 1. The average Bonchev–Trinajstić information content (AvgIpc) is 2.58. The molecule has 1 aromatic heterocycles. The van der Waals surface area contributed by atoms with Gasteiger partial charge in [-0.05, 0) is 18.6 Å². The number of amides is 1. The largest absolute Gasteiger partial charge is 0.356 e. The van der Waals surface area contributed by atoms with E-state index < -0.39 is 10.0 Å². The first-order valence-corrected chi connectivity index (χ1v) is 10.4. The summed E-state index contributed by atoms with van der Waals surface area (Å²) in [6.45, 7) is 2.82. The average molecular weight is 363 g/mol. The van der Waals surface area contributed by atoms with Gasteiger partial charge in [0.1, 0.15) is 0 Å². The third-order valence-corrected chi connectivity index (χ3v) is 5.10. The van der Waals surface area contributed by atoms with Crippen LogP contribution in [0.3, 0.4) is 0 Å². The Morgan fingerprint density at radius 2 is 1.96 bits per heavy atom. The maximum atomic E-state index is 12.3. The quantitative estimate of drug-likeness (QED) is 0.695. The van der Waals surface area contributed by atoms with Crippen molar-refractivity contribution in [1.82, 2.24) is 10.3 Å². The number of para-hydroxylation sites is 1. The van der Waals surface area contributed by atoms with Gasteiger partial charge < -0.3 is 5.32 Å². The van der Waals surface area contributed by atoms with Gasteiger partial charge in [-0.15, -0.1) is 0 Å². The molecule has 0 saturated carbocycles. The van der Waals surface area contributed by atoms with Crippen LogP contribution in [0.1, 0.15) is 32.6 Å². The van der Waals surface area contributed by atoms with Crippen molar-refractivity contribution in [2.75, 3.05) is 23.7 Å². The van der Waals surface area contributed by atoms with Gasteiger partial charge in [0.15, 0.2) is 0 Å². The molecular weight excluding hydrogens is 338 g/mol. The topological polar surface area (TPSA) is 79.4 Å². The Morgan fingerprint density at radius 1 is 1.20 bits per heavy atom. The van der Waals surface area contributed by atoms with Crippen molar-refractivity contribution in [1.29, 1.82) is 0 Å². The number of rotatable bonds is 9. The predicted molar refractivity (Wildman–Crippen MR) is 101 cm³/mol. The lowest BCUT2D eigenvalue weighted by molar-refractivity contribution is -0.120. The van der Waals surface area contributed by atoms with E-state index in [1.54, 1.807) is 24.4 Å². The molecule has 0 atom stereocenters. The SMILES string of the molecule is CCCCCNC(=O)CCN(c1cccc2cccnc12)S(C)(=O)=O. The smallest absolute Gasteiger partial charge is 0.232 e. The molecule has 136 valence electrons. The van der Waals surface area contributed by atoms with Crippen LogP contribution in [-0.2, 0) is 14.8 Å². The van der Waals surface area contributed by atoms with E-state index in [0.29, 0.717) is 17.7 Å². The minimum absolute atomic E-state index is 0.0914. The summed E-state index contributed by atoms with van der Waals surface area (Å²) in [4.78, 5) is 16.3. The predicted octanol–water partition coefficient (Wildman–Crippen LogP) is 2.70. The van der Waals surface area contributed by atoms with Gasteiger partial charge in [0.05, 0.1) is 17.5 Å². The summed E-state index contributed by atoms with van der Waals surface area (Å²) < 4.78 is 25.8. The second-order valence-electron chi connectivity index (χ2n) is 5.99. The number of sulfonamides is 1. The fourth-order valence-corrected chi connectivity index (χ4v) is 3.58. The number of nitrogens with zero attached hydrogens (tertiary/aromatic N) is 2. The highest BCUT2D eigenvalue weighted by atomic mass is 32.2. The summed E-state index contributed by atoms with van der Waals surface area (Å²) in [5.41, 5.74) is 1.11. The maximum Gasteiger partial charge on any atom is 0.232 e. The van der Waals surface area contributed by atoms with Crippen LogP contribution in [0.5, 0.6) is 0 Å². The molecule has 1 amide bonds. The molecule has 1 aromatic carbocycles. The number of hydrogen-bond donors (Lipinski definition) is 1. The molecule has 0 aliphatic rings. The molecule has 0 aliphatic heterocycles. The fraction of sp³-hybridized carbons (Fsp3) is 0.444. The van der Waals surface area contributed by atoms with Crippen molar-refractivity contribution in [2.45, 2.75) is 32.6 Å². The highest BCUT2D eigenvalue weighted by Gasteiger charge is 2.21. The molecule has 0 unspecified atom stereocenters. The number of pyridine rings is 1. The lowest BCUT2D eigenvalue weighted by Gasteiger charge is -2.23. The Labute approximate surface area is 149 Å². The van der Waals surface area contributed by atoms with E-state index >= 15 is 0 Å². The molecular formula is C18H25N3O3S. The van der Waals surface area contributed by atoms with Gasteiger partial charge in [-0.1, -0.05) is 38.0 Å². The molecule has 0 spiro atoms. The van der Waals surface area contributed by atoms with Gasteiger partial charge in [0.25, 0.3) is 0 Å². The summed E-state index contributed by atoms with van der Waals surface area (Å²) >= 11 is 0. The third kappa shape index (κ3) is 5.42. The van der Waals surface area contributed by atoms with Crippen molar-refractivity contribution in [2.24, 2.45) is 0 Å². The molecule has 0 fully saturated rings. The number of hydrogen-bond acceptors (Lipinski definition) is 4. The lowest BCUT2D eigenvalue weighted by atomic mass is 10.2. The normalized spacial score (nSPS) is 11.4. The minimum atomic E-state index is -3.52. The second kappa shape index (κ2) is 8.80. The Bertz CT molecular complexity index is 816. The summed E-state index contributed by atoms with van der Waals surface area (Å²) in [6, 6.07) is 9.08. The van der Waals surface area contributed by atoms with Crippen LogP contribution < -0.4 is 9.62 Å². The Hall–Kier alpha value is -2.15. The van der Waals surface area contributed by atoms with Gasteiger partial charge in [0.2, 0.25) is 15.9 Å². The zero-order valence-corrected chi connectivity index (χ0v) is 15.6. The van der Waals surface area contributed by atoms with Crippen molar-refractivity contribution in [3.05, 3.63) is 36.5 Å². The molecule has 1 N–H and O–H groups in total. The van der Waals surface area contributed by atoms with Gasteiger partial charge in [-0.2, -0.15) is 0 Å². The van der Waals surface area contributed by atoms with Crippen molar-refractivity contribution >= 4 is 32.5 Å². The Kier molecular flexibility index (Phi) is 6.75. The summed E-state index contributed by atoms with van der Waals surface area (Å²) in [6.07, 6.45) is 5.98. The fourth-order valence-electron chi connectivity index (χ4n) is 2.65. The highest BCUT2D eigenvalue weighted by molar-refractivity contribution is 7.92. The van der Waals surface area contributed by atoms with Crippen LogP contribution >= 0.6 is 0 Å². The number of unbranched alkanes of at least 4 members (excludes halogenated alkanes) is 2. The van der Waals surface area contributed by atoms with Crippen LogP contribution in [0.4, 0.5) is 5.69 Å². The summed E-state index contributed by atoms with van der Waals surface area (Å²) in [5.74, 6) is -0.141. The van der Waals surface area contributed by atoms with Gasteiger partial charge in [-0.25, -0.2) is 8.42 Å². The zero-order valence-electron chi connectivity index (χ0n) is 14.7. The van der Waals surface area contributed by atoms with Crippen molar-refractivity contribution in [3.8, 4) is 0 Å². The molecule has 0 bridgehead atoms. The van der Waals surface area contributed by atoms with Gasteiger partial charge in [-0.3, -0.25) is 14.1 Å². The summed E-state index contributed by atoms with van der Waals surface area (Å²) in [7, 11) is -3.52. The Morgan fingerprint density at radius 3 is 2.68 bits per heavy atom. The maximum absolute atomic E-state index is 12.3. The highest BCUT2D eigenvalue weighted by Crippen LogP contribution is 2.26. The van der Waals surface area contributed by atoms with E-state index in [2.05, 4.69) is 17.2 Å². The second-order valence-corrected chi connectivity index (χ2v) is 7.90. The standard InChI is InChI=1S/C18H25N3O3S/c1-3-4-5-12-19-17(22)11-14-21(25(2,23)24)16-10-6-8-15-9-7-13-20-18(15)16/h6-10,13H,3-5,11-12,14H2,1-2H3,(H,19,22). The molecule has 25 heavy (non-hydrogen) atoms. The first kappa shape index (κ1) is 19.2. The number of carbonyl (C=O) groups excluding carboxylic acids is 1. The van der Waals surface area contributed by atoms with E-state index in [-0.39, 0.29) is 18.9 Å². The lowest BCUT2D eigenvalue weighted by Crippen LogP contribution is -2.35. The first-order chi connectivity index (χ1) is 11.9. The monoisotopic (exact) mass is 363 g/mol. The third-order valence-electron chi connectivity index (χ3n) is 3.92. The number of aromatic nitrogens is 1. The van der Waals surface area contributed by atoms with E-state index in [0.717, 1.165) is 30.9 Å². The van der Waals surface area contributed by atoms with E-state index in [1.165, 1.54) is 4.31 Å². The molecule has 6 nitrogen and oxygen atoms in total. The molecule has 2 aromatic rings. The summed E-state index contributed by atoms with van der Waals surface area (Å²) in [5, 5.41) is 3.70. The number of benzene rings is 1. The first-order valence-electron chi connectivity index (χ1n) is 8.51. The Balaban J connectivity index is 2.14. The number of carbonyl (C=O) groups is 1. The van der Waals surface area contributed by atoms with E-state index in [9.17, 15) is 13.2 Å². The van der Waals surface area contributed by atoms with E-state index in [4.69, 9.17) is 0 Å². The molecule has 0 saturated heterocycles. The molecule has 0 radical (unpaired) electrons. The molecule has 0 aliphatic carbocycles. The van der Waals surface area contributed by atoms with Crippen molar-refractivity contribution in [3.63, 3.8) is 0 Å². The number of nitrogens with one attached hydrogen (secondary N) is 1. The van der Waals surface area contributed by atoms with Crippen LogP contribution in [0.2, 0.25) is 0 Å². The van der Waals surface area contributed by atoms with Crippen LogP contribution in [0, 0.1) is 0 Å². The molecule has 7 heteroatoms. The van der Waals surface area contributed by atoms with Crippen LogP contribution in [0.15, 0.2) is 36.5 Å². The van der Waals surface area contributed by atoms with Gasteiger partial charge in [0, 0.05) is 31.1 Å². The molecule has 2 rings (SSSR count). The minimum Gasteiger partial charge on any atom is -0.356 e. The van der Waals surface area contributed by atoms with E-state index in [1.807, 2.05) is 12.1 Å². The number of anilines is 1. The molecule has 1 heterocycles. The van der Waals surface area contributed by atoms with Gasteiger partial charge >= 0.3 is 0 Å². The van der Waals surface area contributed by atoms with Crippen molar-refractivity contribution < 1.29 is 13.2 Å². The zero-order chi connectivity index (χ0) is 18.3. The van der Waals surface area contributed by atoms with Crippen LogP contribution in [-0.4, -0.2) is 38.7 Å². The van der Waals surface area contributed by atoms with Crippen LogP contribution in [0.25, 0.3) is 10.9 Å².